The predicted molar refractivity (Wildman–Crippen MR) is 117 cm³/mol. The van der Waals surface area contributed by atoms with Gasteiger partial charge in [0.25, 0.3) is 0 Å². The van der Waals surface area contributed by atoms with Crippen LogP contribution in [0.4, 0.5) is 0 Å². The van der Waals surface area contributed by atoms with Crippen LogP contribution in [-0.2, 0) is 17.1 Å². The summed E-state index contributed by atoms with van der Waals surface area (Å²) in [5.41, 5.74) is 2.11. The summed E-state index contributed by atoms with van der Waals surface area (Å²) >= 11 is 0. The molecule has 1 atom stereocenters. The summed E-state index contributed by atoms with van der Waals surface area (Å²) in [6.07, 6.45) is 19.3. The van der Waals surface area contributed by atoms with Gasteiger partial charge in [0, 0.05) is 11.5 Å². The molecule has 2 aromatic rings. The number of Topliss-reactive ketones (excluding diaryl/α,β-unsaturated/α-hetero) is 1. The third-order valence-electron chi connectivity index (χ3n) is 4.89. The molecule has 2 aliphatic carbocycles. The van der Waals surface area contributed by atoms with E-state index in [0.717, 1.165) is 11.5 Å². The fourth-order valence-electron chi connectivity index (χ4n) is 3.38. The van der Waals surface area contributed by atoms with Crippen LogP contribution in [0.3, 0.4) is 0 Å². The summed E-state index contributed by atoms with van der Waals surface area (Å²) in [4.78, 5) is 13.2. The maximum absolute atomic E-state index is 13.2. The normalized spacial score (nSPS) is 21.5. The molecule has 10 radical (unpaired) electrons. The van der Waals surface area contributed by atoms with E-state index in [1.165, 1.54) is 0 Å². The number of hydrogen-bond donors (Lipinski definition) is 0. The van der Waals surface area contributed by atoms with Crippen LogP contribution >= 0.6 is 0 Å². The summed E-state index contributed by atoms with van der Waals surface area (Å²) in [7, 11) is 1.59. The van der Waals surface area contributed by atoms with Gasteiger partial charge in [-0.15, -0.1) is 0 Å². The molecule has 154 valence electrons. The first-order valence-corrected chi connectivity index (χ1v) is 9.80. The fourth-order valence-corrected chi connectivity index (χ4v) is 3.38. The molecule has 0 bridgehead atoms. The van der Waals surface area contributed by atoms with Crippen molar-refractivity contribution in [1.29, 1.82) is 0 Å². The van der Waals surface area contributed by atoms with Crippen molar-refractivity contribution in [3.8, 4) is 11.5 Å². The second-order valence-corrected chi connectivity index (χ2v) is 6.88. The quantitative estimate of drug-likeness (QED) is 0.467. The van der Waals surface area contributed by atoms with Crippen molar-refractivity contribution in [1.82, 2.24) is 0 Å². The Labute approximate surface area is 196 Å². The van der Waals surface area contributed by atoms with Gasteiger partial charge in [0.15, 0.2) is 11.9 Å². The number of carbonyl (C=O) groups excluding carboxylic acids is 1. The second kappa shape index (κ2) is 11.5. The number of benzene rings is 2. The number of fused-ring (bicyclic) bond motifs is 1. The molecule has 0 saturated heterocycles. The molecule has 3 aliphatic rings. The first-order chi connectivity index (χ1) is 14.8. The van der Waals surface area contributed by atoms with Crippen molar-refractivity contribution < 1.29 is 31.3 Å². The van der Waals surface area contributed by atoms with Crippen LogP contribution in [0.5, 0.6) is 11.5 Å². The molecule has 1 heterocycles. The Balaban J connectivity index is 0.000000401. The third-order valence-corrected chi connectivity index (χ3v) is 4.89. The average molecular weight is 450 g/mol. The zero-order valence-corrected chi connectivity index (χ0v) is 18.2. The Morgan fingerprint density at radius 2 is 1.52 bits per heavy atom. The topological polar surface area (TPSA) is 35.5 Å². The van der Waals surface area contributed by atoms with Gasteiger partial charge in [-0.25, -0.2) is 0 Å². The summed E-state index contributed by atoms with van der Waals surface area (Å²) in [5.74, 6) is 2.18. The molecule has 0 N–H and O–H groups in total. The van der Waals surface area contributed by atoms with Crippen LogP contribution in [0.2, 0.25) is 0 Å². The predicted octanol–water partition coefficient (Wildman–Crippen LogP) is 5.36. The van der Waals surface area contributed by atoms with Crippen molar-refractivity contribution in [3.05, 3.63) is 135 Å². The van der Waals surface area contributed by atoms with Crippen LogP contribution in [0.15, 0.2) is 60.2 Å². The maximum Gasteiger partial charge on any atom is 2.00 e. The van der Waals surface area contributed by atoms with Crippen molar-refractivity contribution in [3.63, 3.8) is 0 Å². The number of rotatable bonds is 3. The van der Waals surface area contributed by atoms with Gasteiger partial charge in [-0.3, -0.25) is 4.79 Å². The molecule has 3 nitrogen and oxygen atoms in total. The minimum absolute atomic E-state index is 0. The maximum atomic E-state index is 13.2. The molecular formula is C27H22FeO3+2. The molecule has 0 aromatic heterocycles. The Hall–Kier alpha value is -2.03. The van der Waals surface area contributed by atoms with Gasteiger partial charge in [0.05, 0.1) is 12.7 Å². The Morgan fingerprint density at radius 3 is 2.13 bits per heavy atom. The number of ether oxygens (including phenoxy) is 2. The summed E-state index contributed by atoms with van der Waals surface area (Å²) in [6, 6.07) is 15.1. The SMILES string of the molecule is COc1ccc2c(c1)C(=O)/C(=C\[C]1[CH][CH][CH][CH]1)C(c1ccccc1)O2.[CH]1[CH][CH][CH][CH]1.[Fe+2]. The largest absolute Gasteiger partial charge is 2.00 e. The van der Waals surface area contributed by atoms with Gasteiger partial charge in [-0.2, -0.15) is 0 Å². The van der Waals surface area contributed by atoms with Gasteiger partial charge in [-0.1, -0.05) is 36.4 Å². The van der Waals surface area contributed by atoms with E-state index in [2.05, 4.69) is 0 Å². The van der Waals surface area contributed by atoms with E-state index >= 15 is 0 Å². The molecule has 5 rings (SSSR count). The van der Waals surface area contributed by atoms with Gasteiger partial charge in [0.1, 0.15) is 11.5 Å². The van der Waals surface area contributed by atoms with E-state index in [-0.39, 0.29) is 22.9 Å². The van der Waals surface area contributed by atoms with Crippen molar-refractivity contribution in [2.45, 2.75) is 6.10 Å². The van der Waals surface area contributed by atoms with Gasteiger partial charge in [0.2, 0.25) is 0 Å². The summed E-state index contributed by atoms with van der Waals surface area (Å²) < 4.78 is 11.5. The van der Waals surface area contributed by atoms with Gasteiger partial charge in [-0.05, 0) is 81.5 Å². The second-order valence-electron chi connectivity index (χ2n) is 6.88. The van der Waals surface area contributed by atoms with Crippen molar-refractivity contribution in [2.75, 3.05) is 7.11 Å². The van der Waals surface area contributed by atoms with E-state index in [9.17, 15) is 4.79 Å². The molecule has 2 aromatic carbocycles. The zero-order chi connectivity index (χ0) is 20.8. The van der Waals surface area contributed by atoms with Gasteiger partial charge < -0.3 is 9.47 Å². The number of methoxy groups -OCH3 is 1. The smallest absolute Gasteiger partial charge is 0.497 e. The van der Waals surface area contributed by atoms with E-state index in [4.69, 9.17) is 9.47 Å². The Bertz CT molecular complexity index is 873. The molecule has 4 heteroatoms. The number of ketones is 1. The average Bonchev–Trinajstić information content (AvgIpc) is 3.53. The molecule has 1 unspecified atom stereocenters. The van der Waals surface area contributed by atoms with Crippen LogP contribution in [0.1, 0.15) is 22.0 Å². The minimum atomic E-state index is -0.426. The monoisotopic (exact) mass is 450 g/mol. The summed E-state index contributed by atoms with van der Waals surface area (Å²) in [6.45, 7) is 0. The molecule has 2 saturated carbocycles. The van der Waals surface area contributed by atoms with Crippen molar-refractivity contribution >= 4 is 5.78 Å². The van der Waals surface area contributed by atoms with E-state index in [0.29, 0.717) is 22.6 Å². The Kier molecular flexibility index (Phi) is 8.80. The number of carbonyl (C=O) groups is 1. The minimum Gasteiger partial charge on any atom is -0.497 e. The zero-order valence-electron chi connectivity index (χ0n) is 17.0. The van der Waals surface area contributed by atoms with Crippen LogP contribution < -0.4 is 9.47 Å². The van der Waals surface area contributed by atoms with Crippen LogP contribution in [0, 0.1) is 63.7 Å². The third kappa shape index (κ3) is 5.81. The van der Waals surface area contributed by atoms with E-state index < -0.39 is 6.10 Å². The standard InChI is InChI=1S/C22H17O3.C5H5.Fe/c1-24-17-11-12-20-18(14-17)21(23)19(13-15-7-5-6-8-15)22(25-20)16-9-3-2-4-10-16;1-2-4-5-3-1;/h2-14,22H,1H3;1-5H;/q;;+2/b19-13+;;. The molecular weight excluding hydrogens is 428 g/mol. The first-order valence-electron chi connectivity index (χ1n) is 9.80. The van der Waals surface area contributed by atoms with E-state index in [1.807, 2.05) is 94.2 Å². The first kappa shape index (κ1) is 23.6. The number of hydrogen-bond acceptors (Lipinski definition) is 3. The Morgan fingerprint density at radius 1 is 0.871 bits per heavy atom. The van der Waals surface area contributed by atoms with Crippen molar-refractivity contribution in [2.24, 2.45) is 0 Å². The molecule has 0 spiro atoms. The molecule has 0 amide bonds. The van der Waals surface area contributed by atoms with E-state index in [1.54, 1.807) is 25.3 Å². The van der Waals surface area contributed by atoms with Gasteiger partial charge >= 0.3 is 17.1 Å². The molecule has 31 heavy (non-hydrogen) atoms. The number of allylic oxidation sites excluding steroid dienone is 1. The molecule has 2 fully saturated rings. The summed E-state index contributed by atoms with van der Waals surface area (Å²) in [5, 5.41) is 0. The molecule has 1 aliphatic heterocycles. The fraction of sp³-hybridized carbons (Fsp3) is 0.0741. The van der Waals surface area contributed by atoms with Crippen LogP contribution in [0.25, 0.3) is 0 Å². The van der Waals surface area contributed by atoms with Crippen LogP contribution in [-0.4, -0.2) is 12.9 Å².